The standard InChI is InChI=1S/C20H18BrN3O4/c21-13-5-4-6-14(11-13)24-19(26)16(18(25)22-20(24)27)12-15-7-8-17(28-15)23-9-2-1-3-10-23/h4-8,11-12H,1-3,9-10H2,(H,22,25,27)/b16-12+. The Hall–Kier alpha value is -2.87. The molecule has 0 radical (unpaired) electrons. The number of hydrogen-bond donors (Lipinski definition) is 1. The summed E-state index contributed by atoms with van der Waals surface area (Å²) in [4.78, 5) is 40.5. The molecule has 4 amide bonds. The molecule has 2 aliphatic heterocycles. The van der Waals surface area contributed by atoms with E-state index in [2.05, 4.69) is 26.1 Å². The number of barbiturate groups is 1. The summed E-state index contributed by atoms with van der Waals surface area (Å²) in [6.07, 6.45) is 4.81. The van der Waals surface area contributed by atoms with Crippen LogP contribution in [0.1, 0.15) is 25.0 Å². The zero-order chi connectivity index (χ0) is 19.7. The van der Waals surface area contributed by atoms with Gasteiger partial charge in [-0.1, -0.05) is 22.0 Å². The molecule has 8 heteroatoms. The van der Waals surface area contributed by atoms with Crippen LogP contribution in [-0.2, 0) is 9.59 Å². The Balaban J connectivity index is 1.63. The molecule has 0 bridgehead atoms. The summed E-state index contributed by atoms with van der Waals surface area (Å²) in [5, 5.41) is 2.21. The largest absolute Gasteiger partial charge is 0.441 e. The molecule has 0 atom stereocenters. The van der Waals surface area contributed by atoms with Gasteiger partial charge in [0.05, 0.1) is 5.69 Å². The molecule has 2 fully saturated rings. The molecule has 0 saturated carbocycles. The van der Waals surface area contributed by atoms with E-state index in [0.29, 0.717) is 15.9 Å². The second-order valence-electron chi connectivity index (χ2n) is 6.66. The number of hydrogen-bond acceptors (Lipinski definition) is 5. The summed E-state index contributed by atoms with van der Waals surface area (Å²) < 4.78 is 6.53. The molecule has 3 heterocycles. The van der Waals surface area contributed by atoms with Crippen molar-refractivity contribution in [2.75, 3.05) is 22.9 Å². The highest BCUT2D eigenvalue weighted by molar-refractivity contribution is 9.10. The molecule has 28 heavy (non-hydrogen) atoms. The smallest absolute Gasteiger partial charge is 0.335 e. The molecule has 1 aromatic carbocycles. The van der Waals surface area contributed by atoms with Gasteiger partial charge in [-0.2, -0.15) is 0 Å². The fourth-order valence-electron chi connectivity index (χ4n) is 3.35. The van der Waals surface area contributed by atoms with Crippen LogP contribution in [0.15, 0.2) is 50.9 Å². The van der Waals surface area contributed by atoms with Crippen LogP contribution in [0, 0.1) is 0 Å². The number of carbonyl (C=O) groups is 3. The molecule has 4 rings (SSSR count). The third-order valence-corrected chi connectivity index (χ3v) is 5.23. The normalized spacial score (nSPS) is 19.3. The number of furan rings is 1. The van der Waals surface area contributed by atoms with Crippen LogP contribution < -0.4 is 15.1 Å². The Bertz CT molecular complexity index is 975. The van der Waals surface area contributed by atoms with E-state index in [1.165, 1.54) is 12.5 Å². The Morgan fingerprint density at radius 1 is 1.04 bits per heavy atom. The first kappa shape index (κ1) is 18.5. The fourth-order valence-corrected chi connectivity index (χ4v) is 3.74. The van der Waals surface area contributed by atoms with Gasteiger partial charge >= 0.3 is 6.03 Å². The zero-order valence-electron chi connectivity index (χ0n) is 15.0. The maximum Gasteiger partial charge on any atom is 0.335 e. The number of piperidine rings is 1. The highest BCUT2D eigenvalue weighted by atomic mass is 79.9. The second-order valence-corrected chi connectivity index (χ2v) is 7.58. The van der Waals surface area contributed by atoms with Crippen LogP contribution in [-0.4, -0.2) is 30.9 Å². The Kier molecular flexibility index (Phi) is 5.04. The van der Waals surface area contributed by atoms with Gasteiger partial charge in [0.2, 0.25) is 0 Å². The van der Waals surface area contributed by atoms with Crippen LogP contribution in [0.2, 0.25) is 0 Å². The van der Waals surface area contributed by atoms with E-state index < -0.39 is 17.8 Å². The molecule has 0 spiro atoms. The molecule has 0 aliphatic carbocycles. The van der Waals surface area contributed by atoms with Crippen molar-refractivity contribution in [3.63, 3.8) is 0 Å². The maximum absolute atomic E-state index is 12.9. The first-order valence-corrected chi connectivity index (χ1v) is 9.84. The Morgan fingerprint density at radius 2 is 1.82 bits per heavy atom. The van der Waals surface area contributed by atoms with Gasteiger partial charge in [0.1, 0.15) is 11.3 Å². The average molecular weight is 444 g/mol. The highest BCUT2D eigenvalue weighted by Gasteiger charge is 2.37. The van der Waals surface area contributed by atoms with E-state index in [1.54, 1.807) is 30.3 Å². The SMILES string of the molecule is O=C1NC(=O)N(c2cccc(Br)c2)C(=O)/C1=C/c1ccc(N2CCCCC2)o1. The summed E-state index contributed by atoms with van der Waals surface area (Å²) >= 11 is 3.32. The van der Waals surface area contributed by atoms with Crippen LogP contribution in [0.4, 0.5) is 16.4 Å². The topological polar surface area (TPSA) is 82.9 Å². The number of carbonyl (C=O) groups excluding carboxylic acids is 3. The molecule has 2 saturated heterocycles. The molecule has 2 aliphatic rings. The molecule has 2 aromatic rings. The average Bonchev–Trinajstić information content (AvgIpc) is 3.14. The van der Waals surface area contributed by atoms with Crippen LogP contribution in [0.3, 0.4) is 0 Å². The number of urea groups is 1. The number of nitrogens with zero attached hydrogens (tertiary/aromatic N) is 2. The van der Waals surface area contributed by atoms with E-state index in [4.69, 9.17) is 4.42 Å². The minimum atomic E-state index is -0.779. The summed E-state index contributed by atoms with van der Waals surface area (Å²) in [5.41, 5.74) is 0.211. The van der Waals surface area contributed by atoms with Crippen molar-refractivity contribution in [3.05, 3.63) is 52.2 Å². The lowest BCUT2D eigenvalue weighted by atomic mass is 10.1. The first-order valence-electron chi connectivity index (χ1n) is 9.05. The zero-order valence-corrected chi connectivity index (χ0v) is 16.6. The molecule has 7 nitrogen and oxygen atoms in total. The van der Waals surface area contributed by atoms with Crippen molar-refractivity contribution in [2.24, 2.45) is 0 Å². The van der Waals surface area contributed by atoms with E-state index in [1.807, 2.05) is 6.07 Å². The van der Waals surface area contributed by atoms with Crippen molar-refractivity contribution < 1.29 is 18.8 Å². The van der Waals surface area contributed by atoms with Gasteiger partial charge in [0.25, 0.3) is 11.8 Å². The van der Waals surface area contributed by atoms with E-state index in [9.17, 15) is 14.4 Å². The van der Waals surface area contributed by atoms with Crippen LogP contribution >= 0.6 is 15.9 Å². The summed E-state index contributed by atoms with van der Waals surface area (Å²) in [6.45, 7) is 1.85. The predicted octanol–water partition coefficient (Wildman–Crippen LogP) is 3.70. The third-order valence-electron chi connectivity index (χ3n) is 4.74. The Labute approximate surface area is 170 Å². The molecule has 0 unspecified atom stereocenters. The van der Waals surface area contributed by atoms with E-state index in [-0.39, 0.29) is 5.57 Å². The van der Waals surface area contributed by atoms with Crippen molar-refractivity contribution in [2.45, 2.75) is 19.3 Å². The molecule has 1 aromatic heterocycles. The van der Waals surface area contributed by atoms with Gasteiger partial charge in [0, 0.05) is 23.6 Å². The van der Waals surface area contributed by atoms with E-state index >= 15 is 0 Å². The summed E-state index contributed by atoms with van der Waals surface area (Å²) in [6, 6.07) is 9.51. The molecular formula is C20H18BrN3O4. The lowest BCUT2D eigenvalue weighted by molar-refractivity contribution is -0.122. The Morgan fingerprint density at radius 3 is 2.57 bits per heavy atom. The lowest BCUT2D eigenvalue weighted by Gasteiger charge is -2.26. The minimum absolute atomic E-state index is 0.154. The number of benzene rings is 1. The molecule has 144 valence electrons. The van der Waals surface area contributed by atoms with Crippen molar-refractivity contribution in [1.82, 2.24) is 5.32 Å². The number of rotatable bonds is 3. The monoisotopic (exact) mass is 443 g/mol. The van der Waals surface area contributed by atoms with Gasteiger partial charge in [-0.05, 0) is 49.6 Å². The van der Waals surface area contributed by atoms with Crippen LogP contribution in [0.25, 0.3) is 6.08 Å². The van der Waals surface area contributed by atoms with Gasteiger partial charge < -0.3 is 9.32 Å². The van der Waals surface area contributed by atoms with Gasteiger partial charge in [0.15, 0.2) is 5.88 Å². The van der Waals surface area contributed by atoms with Crippen molar-refractivity contribution >= 4 is 51.4 Å². The minimum Gasteiger partial charge on any atom is -0.441 e. The summed E-state index contributed by atoms with van der Waals surface area (Å²) in [7, 11) is 0. The second kappa shape index (κ2) is 7.63. The maximum atomic E-state index is 12.9. The fraction of sp³-hybridized carbons (Fsp3) is 0.250. The van der Waals surface area contributed by atoms with Gasteiger partial charge in [-0.15, -0.1) is 0 Å². The lowest BCUT2D eigenvalue weighted by Crippen LogP contribution is -2.54. The van der Waals surface area contributed by atoms with E-state index in [0.717, 1.165) is 36.7 Å². The molecular weight excluding hydrogens is 426 g/mol. The third kappa shape index (κ3) is 3.60. The van der Waals surface area contributed by atoms with Crippen LogP contribution in [0.5, 0.6) is 0 Å². The first-order chi connectivity index (χ1) is 13.5. The van der Waals surface area contributed by atoms with Crippen molar-refractivity contribution in [1.29, 1.82) is 0 Å². The highest BCUT2D eigenvalue weighted by Crippen LogP contribution is 2.27. The molecule has 1 N–H and O–H groups in total. The quantitative estimate of drug-likeness (QED) is 0.577. The number of nitrogens with one attached hydrogen (secondary N) is 1. The van der Waals surface area contributed by atoms with Crippen molar-refractivity contribution in [3.8, 4) is 0 Å². The number of imide groups is 2. The summed E-state index contributed by atoms with van der Waals surface area (Å²) in [5.74, 6) is -0.322. The number of halogens is 1. The van der Waals surface area contributed by atoms with Gasteiger partial charge in [-0.3, -0.25) is 14.9 Å². The van der Waals surface area contributed by atoms with Gasteiger partial charge in [-0.25, -0.2) is 9.69 Å². The number of amides is 4. The predicted molar refractivity (Wildman–Crippen MR) is 108 cm³/mol. The number of anilines is 2.